The molecule has 0 radical (unpaired) electrons. The fraction of sp³-hybridized carbons (Fsp3) is 0.471. The molecule has 0 saturated heterocycles. The van der Waals surface area contributed by atoms with Crippen LogP contribution in [0, 0.1) is 0 Å². The summed E-state index contributed by atoms with van der Waals surface area (Å²) in [5, 5.41) is 9.15. The number of urea groups is 1. The lowest BCUT2D eigenvalue weighted by atomic mass is 10.0. The lowest BCUT2D eigenvalue weighted by Crippen LogP contribution is -2.51. The van der Waals surface area contributed by atoms with Gasteiger partial charge < -0.3 is 20.1 Å². The van der Waals surface area contributed by atoms with Crippen LogP contribution in [-0.2, 0) is 25.5 Å². The molecule has 1 aromatic heterocycles. The molecule has 0 unspecified atom stereocenters. The van der Waals surface area contributed by atoms with Crippen LogP contribution in [0.4, 0.5) is 4.79 Å². The highest BCUT2D eigenvalue weighted by atomic mass is 32.1. The van der Waals surface area contributed by atoms with E-state index in [9.17, 15) is 14.4 Å². The van der Waals surface area contributed by atoms with Crippen molar-refractivity contribution in [1.29, 1.82) is 0 Å². The number of amides is 2. The summed E-state index contributed by atoms with van der Waals surface area (Å²) in [7, 11) is 0. The minimum absolute atomic E-state index is 0.166. The number of ether oxygens (including phenoxy) is 2. The molecule has 0 aromatic carbocycles. The molecule has 1 atom stereocenters. The van der Waals surface area contributed by atoms with Crippen LogP contribution in [0.2, 0.25) is 0 Å². The van der Waals surface area contributed by atoms with Gasteiger partial charge >= 0.3 is 18.0 Å². The van der Waals surface area contributed by atoms with E-state index in [1.807, 2.05) is 23.8 Å². The number of rotatable bonds is 8. The van der Waals surface area contributed by atoms with Gasteiger partial charge in [0.25, 0.3) is 0 Å². The van der Waals surface area contributed by atoms with Gasteiger partial charge in [0.05, 0.1) is 23.9 Å². The highest BCUT2D eigenvalue weighted by molar-refractivity contribution is 7.07. The molecular formula is C17H22N2O5S. The monoisotopic (exact) mass is 366 g/mol. The van der Waals surface area contributed by atoms with Crippen molar-refractivity contribution in [2.24, 2.45) is 0 Å². The number of thiophene rings is 1. The van der Waals surface area contributed by atoms with E-state index in [-0.39, 0.29) is 31.3 Å². The molecule has 2 N–H and O–H groups in total. The molecule has 0 saturated carbocycles. The first kappa shape index (κ1) is 19.0. The molecule has 0 bridgehead atoms. The van der Waals surface area contributed by atoms with Gasteiger partial charge in [0, 0.05) is 6.42 Å². The molecule has 0 fully saturated rings. The number of hydrogen-bond acceptors (Lipinski definition) is 6. The molecular weight excluding hydrogens is 344 g/mol. The van der Waals surface area contributed by atoms with Gasteiger partial charge in [-0.2, -0.15) is 11.3 Å². The summed E-state index contributed by atoms with van der Waals surface area (Å²) in [5.74, 6) is -0.908. The summed E-state index contributed by atoms with van der Waals surface area (Å²) in [6.07, 6.45) is 1.36. The smallest absolute Gasteiger partial charge is 0.338 e. The van der Waals surface area contributed by atoms with Crippen molar-refractivity contribution in [3.63, 3.8) is 0 Å². The third-order valence-corrected chi connectivity index (χ3v) is 4.45. The maximum atomic E-state index is 12.2. The van der Waals surface area contributed by atoms with Crippen LogP contribution < -0.4 is 10.6 Å². The number of esters is 2. The Balaban J connectivity index is 2.02. The fourth-order valence-corrected chi connectivity index (χ4v) is 3.18. The highest BCUT2D eigenvalue weighted by Crippen LogP contribution is 2.17. The number of hydrogen-bond donors (Lipinski definition) is 2. The zero-order chi connectivity index (χ0) is 18.2. The van der Waals surface area contributed by atoms with Crippen LogP contribution in [0.25, 0.3) is 0 Å². The molecule has 0 aliphatic carbocycles. The molecule has 136 valence electrons. The number of aryl methyl sites for hydroxylation is 1. The summed E-state index contributed by atoms with van der Waals surface area (Å²) in [6, 6.07) is 1.06. The van der Waals surface area contributed by atoms with Crippen molar-refractivity contribution >= 4 is 29.3 Å². The number of carbonyl (C=O) groups excluding carboxylic acids is 3. The predicted molar refractivity (Wildman–Crippen MR) is 93.0 cm³/mol. The van der Waals surface area contributed by atoms with E-state index in [0.29, 0.717) is 18.4 Å². The summed E-state index contributed by atoms with van der Waals surface area (Å²) >= 11 is 1.57. The maximum absolute atomic E-state index is 12.2. The second kappa shape index (κ2) is 9.22. The SMILES string of the molecule is CCOC(=O)C1=C(COC(=O)CCc2ccsc2)NC(=O)N[C@@H]1CC. The van der Waals surface area contributed by atoms with Crippen molar-refractivity contribution in [2.45, 2.75) is 39.2 Å². The van der Waals surface area contributed by atoms with Crippen molar-refractivity contribution < 1.29 is 23.9 Å². The fourth-order valence-electron chi connectivity index (χ4n) is 2.48. The summed E-state index contributed by atoms with van der Waals surface area (Å²) in [5.41, 5.74) is 1.65. The molecule has 1 aromatic rings. The van der Waals surface area contributed by atoms with E-state index < -0.39 is 18.0 Å². The highest BCUT2D eigenvalue weighted by Gasteiger charge is 2.31. The van der Waals surface area contributed by atoms with Gasteiger partial charge in [0.2, 0.25) is 0 Å². The van der Waals surface area contributed by atoms with Crippen molar-refractivity contribution in [3.8, 4) is 0 Å². The number of nitrogens with one attached hydrogen (secondary N) is 2. The van der Waals surface area contributed by atoms with Crippen LogP contribution in [0.5, 0.6) is 0 Å². The van der Waals surface area contributed by atoms with Gasteiger partial charge in [0.15, 0.2) is 0 Å². The van der Waals surface area contributed by atoms with Gasteiger partial charge in [-0.15, -0.1) is 0 Å². The Morgan fingerprint density at radius 2 is 2.08 bits per heavy atom. The Kier molecular flexibility index (Phi) is 7.00. The van der Waals surface area contributed by atoms with E-state index >= 15 is 0 Å². The second-order valence-corrected chi connectivity index (χ2v) is 6.24. The van der Waals surface area contributed by atoms with Gasteiger partial charge in [-0.3, -0.25) is 4.79 Å². The molecule has 0 spiro atoms. The first-order valence-electron chi connectivity index (χ1n) is 8.19. The Bertz CT molecular complexity index is 654. The van der Waals surface area contributed by atoms with Gasteiger partial charge in [-0.1, -0.05) is 6.92 Å². The van der Waals surface area contributed by atoms with Crippen LogP contribution in [0.15, 0.2) is 28.1 Å². The molecule has 8 heteroatoms. The average molecular weight is 366 g/mol. The van der Waals surface area contributed by atoms with E-state index in [0.717, 1.165) is 5.56 Å². The van der Waals surface area contributed by atoms with E-state index in [2.05, 4.69) is 10.6 Å². The molecule has 1 aliphatic rings. The standard InChI is InChI=1S/C17H22N2O5S/c1-3-12-15(16(21)23-4-2)13(19-17(22)18-12)9-24-14(20)6-5-11-7-8-25-10-11/h7-8,10,12H,3-6,9H2,1-2H3,(H2,18,19,22)/t12-/m1/s1. The first-order valence-corrected chi connectivity index (χ1v) is 9.13. The Labute approximate surface area is 150 Å². The van der Waals surface area contributed by atoms with Crippen molar-refractivity contribution in [1.82, 2.24) is 10.6 Å². The van der Waals surface area contributed by atoms with E-state index in [1.54, 1.807) is 18.3 Å². The third-order valence-electron chi connectivity index (χ3n) is 3.72. The lowest BCUT2D eigenvalue weighted by Gasteiger charge is -2.28. The molecule has 25 heavy (non-hydrogen) atoms. The normalized spacial score (nSPS) is 16.9. The predicted octanol–water partition coefficient (Wildman–Crippen LogP) is 2.13. The van der Waals surface area contributed by atoms with Crippen molar-refractivity contribution in [2.75, 3.05) is 13.2 Å². The summed E-state index contributed by atoms with van der Waals surface area (Å²) in [6.45, 7) is 3.61. The van der Waals surface area contributed by atoms with Gasteiger partial charge in [0.1, 0.15) is 6.61 Å². The summed E-state index contributed by atoms with van der Waals surface area (Å²) < 4.78 is 10.3. The molecule has 2 amide bonds. The minimum Gasteiger partial charge on any atom is -0.463 e. The van der Waals surface area contributed by atoms with Crippen LogP contribution in [0.1, 0.15) is 32.3 Å². The average Bonchev–Trinajstić information content (AvgIpc) is 3.11. The maximum Gasteiger partial charge on any atom is 0.338 e. The molecule has 2 heterocycles. The van der Waals surface area contributed by atoms with Crippen LogP contribution >= 0.6 is 11.3 Å². The van der Waals surface area contributed by atoms with E-state index in [4.69, 9.17) is 9.47 Å². The molecule has 1 aliphatic heterocycles. The van der Waals surface area contributed by atoms with Gasteiger partial charge in [-0.05, 0) is 42.2 Å². The van der Waals surface area contributed by atoms with Crippen LogP contribution in [0.3, 0.4) is 0 Å². The van der Waals surface area contributed by atoms with Crippen molar-refractivity contribution in [3.05, 3.63) is 33.7 Å². The second-order valence-electron chi connectivity index (χ2n) is 5.46. The van der Waals surface area contributed by atoms with E-state index in [1.165, 1.54) is 0 Å². The van der Waals surface area contributed by atoms with Gasteiger partial charge in [-0.25, -0.2) is 9.59 Å². The topological polar surface area (TPSA) is 93.7 Å². The zero-order valence-electron chi connectivity index (χ0n) is 14.3. The number of carbonyl (C=O) groups is 3. The molecule has 7 nitrogen and oxygen atoms in total. The largest absolute Gasteiger partial charge is 0.463 e. The Morgan fingerprint density at radius 3 is 2.72 bits per heavy atom. The Hall–Kier alpha value is -2.35. The third kappa shape index (κ3) is 5.32. The molecule has 2 rings (SSSR count). The first-order chi connectivity index (χ1) is 12.0. The minimum atomic E-state index is -0.522. The lowest BCUT2D eigenvalue weighted by molar-refractivity contribution is -0.143. The van der Waals surface area contributed by atoms with Crippen LogP contribution in [-0.4, -0.2) is 37.2 Å². The Morgan fingerprint density at radius 1 is 1.28 bits per heavy atom. The quantitative estimate of drug-likeness (QED) is 0.688. The summed E-state index contributed by atoms with van der Waals surface area (Å²) in [4.78, 5) is 35.9. The zero-order valence-corrected chi connectivity index (χ0v) is 15.1.